The summed E-state index contributed by atoms with van der Waals surface area (Å²) in [6.45, 7) is 2.05. The third kappa shape index (κ3) is 3.03. The maximum absolute atomic E-state index is 11.5. The van der Waals surface area contributed by atoms with Gasteiger partial charge in [0.05, 0.1) is 12.1 Å². The molecule has 0 N–H and O–H groups in total. The van der Waals surface area contributed by atoms with E-state index in [2.05, 4.69) is 10.1 Å². The lowest BCUT2D eigenvalue weighted by Crippen LogP contribution is -2.04. The lowest BCUT2D eigenvalue weighted by molar-refractivity contribution is 0.0514. The van der Waals surface area contributed by atoms with E-state index in [0.29, 0.717) is 12.4 Å². The number of nitrogens with zero attached hydrogens (tertiary/aromatic N) is 2. The molecule has 0 bridgehead atoms. The molecule has 1 aromatic carbocycles. The van der Waals surface area contributed by atoms with E-state index in [0.717, 1.165) is 16.5 Å². The second-order valence-corrected chi connectivity index (χ2v) is 4.62. The number of rotatable bonds is 4. The summed E-state index contributed by atoms with van der Waals surface area (Å²) in [5.74, 6) is 0.0111. The van der Waals surface area contributed by atoms with Crippen molar-refractivity contribution in [2.45, 2.75) is 6.92 Å². The van der Waals surface area contributed by atoms with E-state index in [-0.39, 0.29) is 5.69 Å². The van der Waals surface area contributed by atoms with E-state index < -0.39 is 5.97 Å². The summed E-state index contributed by atoms with van der Waals surface area (Å²) in [6, 6.07) is 11.4. The molecule has 0 fully saturated rings. The SMILES string of the molecule is CCOC(=O)c1cc(/C=C\c2ccc3ncccc3c2)on1. The Hall–Kier alpha value is -2.95. The first kappa shape index (κ1) is 14.0. The number of esters is 1. The molecule has 3 rings (SSSR count). The van der Waals surface area contributed by atoms with Crippen LogP contribution in [0.2, 0.25) is 0 Å². The van der Waals surface area contributed by atoms with Gasteiger partial charge in [-0.1, -0.05) is 23.4 Å². The first-order valence-corrected chi connectivity index (χ1v) is 6.93. The third-order valence-corrected chi connectivity index (χ3v) is 3.08. The van der Waals surface area contributed by atoms with Crippen molar-refractivity contribution >= 4 is 29.0 Å². The number of carbonyl (C=O) groups is 1. The minimum absolute atomic E-state index is 0.171. The molecule has 110 valence electrons. The largest absolute Gasteiger partial charge is 0.461 e. The predicted octanol–water partition coefficient (Wildman–Crippen LogP) is 3.57. The van der Waals surface area contributed by atoms with Crippen LogP contribution < -0.4 is 0 Å². The fourth-order valence-corrected chi connectivity index (χ4v) is 2.05. The van der Waals surface area contributed by atoms with Crippen LogP contribution in [-0.4, -0.2) is 22.7 Å². The Balaban J connectivity index is 1.79. The van der Waals surface area contributed by atoms with Gasteiger partial charge in [0.25, 0.3) is 0 Å². The van der Waals surface area contributed by atoms with Gasteiger partial charge in [-0.05, 0) is 36.8 Å². The number of hydrogen-bond donors (Lipinski definition) is 0. The van der Waals surface area contributed by atoms with Crippen molar-refractivity contribution in [1.82, 2.24) is 10.1 Å². The van der Waals surface area contributed by atoms with Crippen molar-refractivity contribution < 1.29 is 14.1 Å². The predicted molar refractivity (Wildman–Crippen MR) is 83.1 cm³/mol. The fourth-order valence-electron chi connectivity index (χ4n) is 2.05. The van der Waals surface area contributed by atoms with Gasteiger partial charge >= 0.3 is 5.97 Å². The quantitative estimate of drug-likeness (QED) is 0.688. The van der Waals surface area contributed by atoms with Crippen LogP contribution >= 0.6 is 0 Å². The van der Waals surface area contributed by atoms with E-state index in [9.17, 15) is 4.79 Å². The van der Waals surface area contributed by atoms with Gasteiger partial charge in [-0.15, -0.1) is 0 Å². The molecule has 0 saturated heterocycles. The monoisotopic (exact) mass is 294 g/mol. The molecule has 0 aliphatic heterocycles. The molecule has 0 aliphatic rings. The summed E-state index contributed by atoms with van der Waals surface area (Å²) < 4.78 is 9.95. The highest BCUT2D eigenvalue weighted by molar-refractivity contribution is 5.88. The van der Waals surface area contributed by atoms with Crippen LogP contribution in [0.5, 0.6) is 0 Å². The molecule has 5 heteroatoms. The molecule has 0 atom stereocenters. The van der Waals surface area contributed by atoms with Crippen LogP contribution in [0, 0.1) is 0 Å². The number of ether oxygens (including phenoxy) is 1. The Morgan fingerprint density at radius 1 is 1.27 bits per heavy atom. The molecule has 3 aromatic rings. The molecule has 2 aromatic heterocycles. The number of aromatic nitrogens is 2. The van der Waals surface area contributed by atoms with Crippen LogP contribution in [-0.2, 0) is 4.74 Å². The molecule has 0 radical (unpaired) electrons. The van der Waals surface area contributed by atoms with Gasteiger partial charge in [0.15, 0.2) is 11.5 Å². The topological polar surface area (TPSA) is 65.2 Å². The highest BCUT2D eigenvalue weighted by Crippen LogP contribution is 2.16. The van der Waals surface area contributed by atoms with Gasteiger partial charge in [-0.2, -0.15) is 0 Å². The standard InChI is InChI=1S/C17H14N2O3/c1-2-21-17(20)16-11-14(22-19-16)7-5-12-6-8-15-13(10-12)4-3-9-18-15/h3-11H,2H2,1H3/b7-5-. The Labute approximate surface area is 127 Å². The van der Waals surface area contributed by atoms with E-state index >= 15 is 0 Å². The molecular formula is C17H14N2O3. The Bertz CT molecular complexity index is 837. The molecule has 0 amide bonds. The third-order valence-electron chi connectivity index (χ3n) is 3.08. The molecule has 0 unspecified atom stereocenters. The van der Waals surface area contributed by atoms with Gasteiger partial charge in [0, 0.05) is 17.6 Å². The first-order chi connectivity index (χ1) is 10.8. The molecule has 2 heterocycles. The van der Waals surface area contributed by atoms with Gasteiger partial charge in [-0.25, -0.2) is 4.79 Å². The second-order valence-electron chi connectivity index (χ2n) is 4.62. The zero-order chi connectivity index (χ0) is 15.4. The lowest BCUT2D eigenvalue weighted by Gasteiger charge is -1.97. The normalized spacial score (nSPS) is 11.1. The second kappa shape index (κ2) is 6.22. The Morgan fingerprint density at radius 2 is 2.18 bits per heavy atom. The van der Waals surface area contributed by atoms with E-state index in [4.69, 9.17) is 9.26 Å². The minimum Gasteiger partial charge on any atom is -0.461 e. The van der Waals surface area contributed by atoms with Gasteiger partial charge in [0.2, 0.25) is 0 Å². The smallest absolute Gasteiger partial charge is 0.360 e. The average Bonchev–Trinajstić information content (AvgIpc) is 3.02. The van der Waals surface area contributed by atoms with E-state index in [1.54, 1.807) is 25.3 Å². The van der Waals surface area contributed by atoms with Crippen molar-refractivity contribution in [2.24, 2.45) is 0 Å². The van der Waals surface area contributed by atoms with Crippen LogP contribution in [0.15, 0.2) is 47.1 Å². The highest BCUT2D eigenvalue weighted by Gasteiger charge is 2.11. The maximum Gasteiger partial charge on any atom is 0.360 e. The molecule has 0 aliphatic carbocycles. The van der Waals surface area contributed by atoms with Crippen LogP contribution in [0.25, 0.3) is 23.1 Å². The van der Waals surface area contributed by atoms with Crippen LogP contribution in [0.4, 0.5) is 0 Å². The van der Waals surface area contributed by atoms with Crippen molar-refractivity contribution in [3.63, 3.8) is 0 Å². The Kier molecular flexibility index (Phi) is 3.96. The number of carbonyl (C=O) groups excluding carboxylic acids is 1. The highest BCUT2D eigenvalue weighted by atomic mass is 16.5. The van der Waals surface area contributed by atoms with E-state index in [1.807, 2.05) is 36.4 Å². The number of hydrogen-bond acceptors (Lipinski definition) is 5. The Morgan fingerprint density at radius 3 is 3.05 bits per heavy atom. The number of fused-ring (bicyclic) bond motifs is 1. The van der Waals surface area contributed by atoms with Crippen molar-refractivity contribution in [3.05, 3.63) is 59.6 Å². The van der Waals surface area contributed by atoms with Crippen LogP contribution in [0.1, 0.15) is 28.7 Å². The zero-order valence-electron chi connectivity index (χ0n) is 12.0. The summed E-state index contributed by atoms with van der Waals surface area (Å²) >= 11 is 0. The molecule has 0 saturated carbocycles. The molecular weight excluding hydrogens is 280 g/mol. The maximum atomic E-state index is 11.5. The number of benzene rings is 1. The van der Waals surface area contributed by atoms with Crippen molar-refractivity contribution in [3.8, 4) is 0 Å². The molecule has 5 nitrogen and oxygen atoms in total. The first-order valence-electron chi connectivity index (χ1n) is 6.93. The van der Waals surface area contributed by atoms with Crippen molar-refractivity contribution in [2.75, 3.05) is 6.61 Å². The lowest BCUT2D eigenvalue weighted by atomic mass is 10.1. The van der Waals surface area contributed by atoms with E-state index in [1.165, 1.54) is 0 Å². The summed E-state index contributed by atoms with van der Waals surface area (Å²) in [6.07, 6.45) is 5.42. The summed E-state index contributed by atoms with van der Waals surface area (Å²) in [4.78, 5) is 15.8. The fraction of sp³-hybridized carbons (Fsp3) is 0.118. The molecule has 0 spiro atoms. The average molecular weight is 294 g/mol. The summed E-state index contributed by atoms with van der Waals surface area (Å²) in [5.41, 5.74) is 2.13. The zero-order valence-corrected chi connectivity index (χ0v) is 12.0. The molecule has 22 heavy (non-hydrogen) atoms. The van der Waals surface area contributed by atoms with Gasteiger partial charge in [-0.3, -0.25) is 4.98 Å². The van der Waals surface area contributed by atoms with Gasteiger partial charge in [0.1, 0.15) is 0 Å². The number of pyridine rings is 1. The van der Waals surface area contributed by atoms with Crippen LogP contribution in [0.3, 0.4) is 0 Å². The summed E-state index contributed by atoms with van der Waals surface area (Å²) in [5, 5.41) is 4.75. The van der Waals surface area contributed by atoms with Crippen molar-refractivity contribution in [1.29, 1.82) is 0 Å². The minimum atomic E-state index is -0.484. The van der Waals surface area contributed by atoms with Gasteiger partial charge < -0.3 is 9.26 Å². The summed E-state index contributed by atoms with van der Waals surface area (Å²) in [7, 11) is 0.